The van der Waals surface area contributed by atoms with Gasteiger partial charge in [-0.2, -0.15) is 0 Å². The summed E-state index contributed by atoms with van der Waals surface area (Å²) in [5.74, 6) is 0. The summed E-state index contributed by atoms with van der Waals surface area (Å²) in [6, 6.07) is 0.00398. The van der Waals surface area contributed by atoms with Gasteiger partial charge in [0.25, 0.3) is 0 Å². The van der Waals surface area contributed by atoms with Gasteiger partial charge in [0, 0.05) is 19.7 Å². The van der Waals surface area contributed by atoms with Crippen molar-refractivity contribution in [2.75, 3.05) is 40.0 Å². The summed E-state index contributed by atoms with van der Waals surface area (Å²) in [7, 11) is 2.09. The molecule has 0 bridgehead atoms. The average Bonchev–Trinajstić information content (AvgIpc) is 2.18. The van der Waals surface area contributed by atoms with Crippen LogP contribution in [0.4, 0.5) is 0 Å². The standard InChI is InChI=1S/C10H22N2O2/c1-3-5-13-8-9(11)10-7-12(2)4-6-14-10/h9-10H,3-8,11H2,1-2H3. The van der Waals surface area contributed by atoms with E-state index in [9.17, 15) is 0 Å². The SMILES string of the molecule is CCCOCC(N)C1CN(C)CCO1. The molecule has 14 heavy (non-hydrogen) atoms. The Morgan fingerprint density at radius 1 is 1.64 bits per heavy atom. The first-order valence-electron chi connectivity index (χ1n) is 5.37. The van der Waals surface area contributed by atoms with Crippen molar-refractivity contribution in [2.24, 2.45) is 5.73 Å². The Morgan fingerprint density at radius 3 is 3.07 bits per heavy atom. The highest BCUT2D eigenvalue weighted by Gasteiger charge is 2.23. The number of likely N-dealkylation sites (N-methyl/N-ethyl adjacent to an activating group) is 1. The third-order valence-corrected chi connectivity index (χ3v) is 2.43. The van der Waals surface area contributed by atoms with Crippen molar-refractivity contribution in [2.45, 2.75) is 25.5 Å². The Balaban J connectivity index is 2.18. The maximum absolute atomic E-state index is 5.97. The van der Waals surface area contributed by atoms with Crippen LogP contribution in [0.15, 0.2) is 0 Å². The maximum atomic E-state index is 5.97. The van der Waals surface area contributed by atoms with Crippen LogP contribution in [0.3, 0.4) is 0 Å². The van der Waals surface area contributed by atoms with Crippen molar-refractivity contribution in [1.82, 2.24) is 4.90 Å². The lowest BCUT2D eigenvalue weighted by Gasteiger charge is -2.33. The predicted molar refractivity (Wildman–Crippen MR) is 56.3 cm³/mol. The zero-order valence-corrected chi connectivity index (χ0v) is 9.24. The minimum absolute atomic E-state index is 0.00398. The van der Waals surface area contributed by atoms with E-state index in [1.807, 2.05) is 0 Å². The molecule has 0 amide bonds. The van der Waals surface area contributed by atoms with E-state index in [1.165, 1.54) is 0 Å². The number of hydrogen-bond acceptors (Lipinski definition) is 4. The van der Waals surface area contributed by atoms with E-state index in [-0.39, 0.29) is 12.1 Å². The van der Waals surface area contributed by atoms with Gasteiger partial charge in [0.1, 0.15) is 0 Å². The maximum Gasteiger partial charge on any atom is 0.0875 e. The topological polar surface area (TPSA) is 47.7 Å². The summed E-state index contributed by atoms with van der Waals surface area (Å²) < 4.78 is 11.0. The molecule has 0 radical (unpaired) electrons. The molecule has 1 fully saturated rings. The minimum Gasteiger partial charge on any atom is -0.380 e. The molecule has 0 saturated carbocycles. The smallest absolute Gasteiger partial charge is 0.0875 e. The van der Waals surface area contributed by atoms with Crippen LogP contribution >= 0.6 is 0 Å². The van der Waals surface area contributed by atoms with E-state index in [0.717, 1.165) is 32.7 Å². The second-order valence-electron chi connectivity index (χ2n) is 3.91. The summed E-state index contributed by atoms with van der Waals surface area (Å²) in [6.07, 6.45) is 1.17. The van der Waals surface area contributed by atoms with Crippen molar-refractivity contribution < 1.29 is 9.47 Å². The summed E-state index contributed by atoms with van der Waals surface area (Å²) >= 11 is 0. The minimum atomic E-state index is 0.00398. The van der Waals surface area contributed by atoms with Crippen LogP contribution in [0.1, 0.15) is 13.3 Å². The number of nitrogens with two attached hydrogens (primary N) is 1. The fourth-order valence-corrected chi connectivity index (χ4v) is 1.54. The van der Waals surface area contributed by atoms with Gasteiger partial charge in [-0.05, 0) is 13.5 Å². The zero-order chi connectivity index (χ0) is 10.4. The van der Waals surface area contributed by atoms with E-state index in [1.54, 1.807) is 0 Å². The first kappa shape index (κ1) is 11.9. The van der Waals surface area contributed by atoms with Gasteiger partial charge in [0.2, 0.25) is 0 Å². The third-order valence-electron chi connectivity index (χ3n) is 2.43. The normalized spacial score (nSPS) is 26.4. The molecule has 0 spiro atoms. The Bertz CT molecular complexity index is 155. The summed E-state index contributed by atoms with van der Waals surface area (Å²) in [5.41, 5.74) is 5.97. The lowest BCUT2D eigenvalue weighted by atomic mass is 10.1. The molecule has 2 atom stereocenters. The molecule has 4 heteroatoms. The van der Waals surface area contributed by atoms with Gasteiger partial charge in [0.05, 0.1) is 25.4 Å². The van der Waals surface area contributed by atoms with Crippen LogP contribution in [0.5, 0.6) is 0 Å². The van der Waals surface area contributed by atoms with Crippen molar-refractivity contribution in [3.63, 3.8) is 0 Å². The van der Waals surface area contributed by atoms with Crippen LogP contribution in [0.2, 0.25) is 0 Å². The lowest BCUT2D eigenvalue weighted by molar-refractivity contribution is -0.0471. The van der Waals surface area contributed by atoms with Gasteiger partial charge in [-0.3, -0.25) is 0 Å². The first-order valence-corrected chi connectivity index (χ1v) is 5.37. The van der Waals surface area contributed by atoms with E-state index in [4.69, 9.17) is 15.2 Å². The van der Waals surface area contributed by atoms with Crippen molar-refractivity contribution >= 4 is 0 Å². The molecule has 2 N–H and O–H groups in total. The van der Waals surface area contributed by atoms with Gasteiger partial charge in [0.15, 0.2) is 0 Å². The number of hydrogen-bond donors (Lipinski definition) is 1. The first-order chi connectivity index (χ1) is 6.74. The fraction of sp³-hybridized carbons (Fsp3) is 1.00. The second kappa shape index (κ2) is 6.35. The van der Waals surface area contributed by atoms with Crippen molar-refractivity contribution in [3.8, 4) is 0 Å². The Hall–Kier alpha value is -0.160. The molecule has 0 aliphatic carbocycles. The van der Waals surface area contributed by atoms with Crippen LogP contribution in [0, 0.1) is 0 Å². The van der Waals surface area contributed by atoms with Crippen LogP contribution < -0.4 is 5.73 Å². The highest BCUT2D eigenvalue weighted by atomic mass is 16.5. The molecule has 4 nitrogen and oxygen atoms in total. The van der Waals surface area contributed by atoms with Gasteiger partial charge >= 0.3 is 0 Å². The molecule has 0 aromatic carbocycles. The van der Waals surface area contributed by atoms with E-state index < -0.39 is 0 Å². The monoisotopic (exact) mass is 202 g/mol. The molecule has 1 aliphatic heterocycles. The predicted octanol–water partition coefficient (Wildman–Crippen LogP) is 0.0709. The van der Waals surface area contributed by atoms with E-state index in [0.29, 0.717) is 6.61 Å². The molecule has 1 rings (SSSR count). The molecule has 84 valence electrons. The summed E-state index contributed by atoms with van der Waals surface area (Å²) in [4.78, 5) is 2.24. The molecule has 0 aromatic heterocycles. The Kier molecular flexibility index (Phi) is 5.40. The summed E-state index contributed by atoms with van der Waals surface area (Å²) in [6.45, 7) is 6.18. The van der Waals surface area contributed by atoms with Crippen LogP contribution in [-0.2, 0) is 9.47 Å². The number of rotatable bonds is 5. The number of morpholine rings is 1. The highest BCUT2D eigenvalue weighted by Crippen LogP contribution is 2.06. The quantitative estimate of drug-likeness (QED) is 0.641. The van der Waals surface area contributed by atoms with Gasteiger partial charge in [-0.25, -0.2) is 0 Å². The van der Waals surface area contributed by atoms with Gasteiger partial charge < -0.3 is 20.1 Å². The van der Waals surface area contributed by atoms with E-state index in [2.05, 4.69) is 18.9 Å². The Labute approximate surface area is 86.3 Å². The van der Waals surface area contributed by atoms with Crippen molar-refractivity contribution in [3.05, 3.63) is 0 Å². The number of ether oxygens (including phenoxy) is 2. The number of nitrogens with zero attached hydrogens (tertiary/aromatic N) is 1. The van der Waals surface area contributed by atoms with Crippen molar-refractivity contribution in [1.29, 1.82) is 0 Å². The molecule has 2 unspecified atom stereocenters. The largest absolute Gasteiger partial charge is 0.380 e. The highest BCUT2D eigenvalue weighted by molar-refractivity contribution is 4.79. The molecular formula is C10H22N2O2. The molecule has 1 heterocycles. The zero-order valence-electron chi connectivity index (χ0n) is 9.24. The Morgan fingerprint density at radius 2 is 2.43 bits per heavy atom. The van der Waals surface area contributed by atoms with E-state index >= 15 is 0 Å². The molecule has 1 aliphatic rings. The third kappa shape index (κ3) is 3.92. The van der Waals surface area contributed by atoms with Gasteiger partial charge in [-0.1, -0.05) is 6.92 Å². The summed E-state index contributed by atoms with van der Waals surface area (Å²) in [5, 5.41) is 0. The molecular weight excluding hydrogens is 180 g/mol. The molecule has 1 saturated heterocycles. The second-order valence-corrected chi connectivity index (χ2v) is 3.91. The van der Waals surface area contributed by atoms with Gasteiger partial charge in [-0.15, -0.1) is 0 Å². The fourth-order valence-electron chi connectivity index (χ4n) is 1.54. The average molecular weight is 202 g/mol. The van der Waals surface area contributed by atoms with Crippen LogP contribution in [0.25, 0.3) is 0 Å². The van der Waals surface area contributed by atoms with Crippen LogP contribution in [-0.4, -0.2) is 57.0 Å². The lowest BCUT2D eigenvalue weighted by Crippen LogP contribution is -2.51. The molecule has 0 aromatic rings.